The van der Waals surface area contributed by atoms with E-state index in [9.17, 15) is 0 Å². The number of rotatable bonds is 4. The molecule has 1 heterocycles. The summed E-state index contributed by atoms with van der Waals surface area (Å²) in [6.45, 7) is 2.54. The highest BCUT2D eigenvalue weighted by molar-refractivity contribution is 9.10. The molecule has 0 saturated carbocycles. The Kier molecular flexibility index (Phi) is 4.27. The molecule has 1 aromatic carbocycles. The standard InChI is InChI=1S/C14H18BrN3O/c1-4-9-5-6-11(19-3)10(7-9)13-14(15)18(2)12(8-16)17-13/h5-7H,4,8,16H2,1-3H3. The molecular weight excluding hydrogens is 306 g/mol. The fourth-order valence-corrected chi connectivity index (χ4v) is 2.54. The van der Waals surface area contributed by atoms with E-state index < -0.39 is 0 Å². The van der Waals surface area contributed by atoms with Crippen LogP contribution in [0.15, 0.2) is 22.8 Å². The van der Waals surface area contributed by atoms with E-state index in [1.807, 2.05) is 17.7 Å². The molecule has 2 N–H and O–H groups in total. The van der Waals surface area contributed by atoms with E-state index in [1.54, 1.807) is 7.11 Å². The molecule has 1 aromatic heterocycles. The maximum absolute atomic E-state index is 5.70. The SMILES string of the molecule is CCc1ccc(OC)c(-c2nc(CN)n(C)c2Br)c1. The molecule has 0 aliphatic rings. The summed E-state index contributed by atoms with van der Waals surface area (Å²) in [5, 5.41) is 0. The first-order valence-corrected chi connectivity index (χ1v) is 7.00. The molecule has 0 radical (unpaired) electrons. The number of imidazole rings is 1. The van der Waals surface area contributed by atoms with Crippen molar-refractivity contribution in [2.75, 3.05) is 7.11 Å². The van der Waals surface area contributed by atoms with Crippen LogP contribution in [0.25, 0.3) is 11.3 Å². The Morgan fingerprint density at radius 1 is 1.42 bits per heavy atom. The Hall–Kier alpha value is -1.33. The summed E-state index contributed by atoms with van der Waals surface area (Å²) in [4.78, 5) is 4.59. The molecule has 0 unspecified atom stereocenters. The molecule has 2 rings (SSSR count). The van der Waals surface area contributed by atoms with E-state index in [4.69, 9.17) is 10.5 Å². The zero-order valence-electron chi connectivity index (χ0n) is 11.4. The maximum Gasteiger partial charge on any atom is 0.128 e. The predicted octanol–water partition coefficient (Wildman–Crippen LogP) is 2.88. The highest BCUT2D eigenvalue weighted by Crippen LogP contribution is 2.35. The van der Waals surface area contributed by atoms with E-state index in [1.165, 1.54) is 5.56 Å². The van der Waals surface area contributed by atoms with Crippen LogP contribution in [0.2, 0.25) is 0 Å². The van der Waals surface area contributed by atoms with Gasteiger partial charge in [0, 0.05) is 12.6 Å². The van der Waals surface area contributed by atoms with Crippen molar-refractivity contribution < 1.29 is 4.74 Å². The van der Waals surface area contributed by atoms with Crippen molar-refractivity contribution in [3.8, 4) is 17.0 Å². The summed E-state index contributed by atoms with van der Waals surface area (Å²) in [6.07, 6.45) is 0.977. The van der Waals surface area contributed by atoms with E-state index >= 15 is 0 Å². The molecule has 5 heteroatoms. The van der Waals surface area contributed by atoms with Crippen LogP contribution in [0.5, 0.6) is 5.75 Å². The molecule has 19 heavy (non-hydrogen) atoms. The number of hydrogen-bond acceptors (Lipinski definition) is 3. The van der Waals surface area contributed by atoms with Crippen LogP contribution < -0.4 is 10.5 Å². The quantitative estimate of drug-likeness (QED) is 0.941. The molecule has 0 aliphatic carbocycles. The molecule has 0 saturated heterocycles. The van der Waals surface area contributed by atoms with Gasteiger partial charge in [0.1, 0.15) is 21.9 Å². The number of aromatic nitrogens is 2. The Morgan fingerprint density at radius 3 is 2.68 bits per heavy atom. The normalized spacial score (nSPS) is 10.8. The van der Waals surface area contributed by atoms with Crippen molar-refractivity contribution >= 4 is 15.9 Å². The van der Waals surface area contributed by atoms with Crippen molar-refractivity contribution in [1.29, 1.82) is 0 Å². The Bertz CT molecular complexity index is 593. The molecule has 0 amide bonds. The number of hydrogen-bond donors (Lipinski definition) is 1. The summed E-state index contributed by atoms with van der Waals surface area (Å²) < 4.78 is 8.30. The minimum absolute atomic E-state index is 0.408. The van der Waals surface area contributed by atoms with Gasteiger partial charge in [-0.3, -0.25) is 0 Å². The smallest absolute Gasteiger partial charge is 0.128 e. The van der Waals surface area contributed by atoms with Crippen LogP contribution in [-0.2, 0) is 20.0 Å². The van der Waals surface area contributed by atoms with E-state index in [-0.39, 0.29) is 0 Å². The second-order valence-corrected chi connectivity index (χ2v) is 5.07. The second kappa shape index (κ2) is 5.75. The minimum atomic E-state index is 0.408. The first kappa shape index (κ1) is 14.1. The monoisotopic (exact) mass is 323 g/mol. The van der Waals surface area contributed by atoms with Crippen molar-refractivity contribution in [1.82, 2.24) is 9.55 Å². The van der Waals surface area contributed by atoms with Gasteiger partial charge in [-0.25, -0.2) is 4.98 Å². The largest absolute Gasteiger partial charge is 0.496 e. The number of benzene rings is 1. The van der Waals surface area contributed by atoms with E-state index in [2.05, 4.69) is 40.0 Å². The third-order valence-corrected chi connectivity index (χ3v) is 4.14. The third kappa shape index (κ3) is 2.53. The Morgan fingerprint density at radius 2 is 2.16 bits per heavy atom. The van der Waals surface area contributed by atoms with Crippen LogP contribution in [0, 0.1) is 0 Å². The van der Waals surface area contributed by atoms with Crippen LogP contribution in [0.4, 0.5) is 0 Å². The lowest BCUT2D eigenvalue weighted by molar-refractivity contribution is 0.416. The lowest BCUT2D eigenvalue weighted by Gasteiger charge is -2.09. The van der Waals surface area contributed by atoms with Gasteiger partial charge in [0.05, 0.1) is 13.7 Å². The number of aryl methyl sites for hydroxylation is 1. The minimum Gasteiger partial charge on any atom is -0.496 e. The average Bonchev–Trinajstić information content (AvgIpc) is 2.74. The van der Waals surface area contributed by atoms with Crippen LogP contribution >= 0.6 is 15.9 Å². The second-order valence-electron chi connectivity index (χ2n) is 4.32. The summed E-state index contributed by atoms with van der Waals surface area (Å²) in [5.41, 5.74) is 8.81. The van der Waals surface area contributed by atoms with Gasteiger partial charge >= 0.3 is 0 Å². The number of nitrogens with two attached hydrogens (primary N) is 1. The summed E-state index contributed by atoms with van der Waals surface area (Å²) in [5.74, 6) is 1.66. The molecule has 2 aromatic rings. The van der Waals surface area contributed by atoms with Crippen LogP contribution in [0.3, 0.4) is 0 Å². The van der Waals surface area contributed by atoms with Gasteiger partial charge in [-0.2, -0.15) is 0 Å². The third-order valence-electron chi connectivity index (χ3n) is 3.23. The molecule has 0 atom stereocenters. The van der Waals surface area contributed by atoms with Crippen molar-refractivity contribution in [3.05, 3.63) is 34.2 Å². The number of methoxy groups -OCH3 is 1. The van der Waals surface area contributed by atoms with Gasteiger partial charge in [-0.1, -0.05) is 13.0 Å². The lowest BCUT2D eigenvalue weighted by atomic mass is 10.1. The lowest BCUT2D eigenvalue weighted by Crippen LogP contribution is -2.04. The summed E-state index contributed by atoms with van der Waals surface area (Å²) in [7, 11) is 3.62. The first-order chi connectivity index (χ1) is 9.12. The van der Waals surface area contributed by atoms with Gasteiger partial charge in [0.2, 0.25) is 0 Å². The molecule has 102 valence electrons. The number of halogens is 1. The van der Waals surface area contributed by atoms with E-state index in [0.717, 1.165) is 33.9 Å². The van der Waals surface area contributed by atoms with Crippen molar-refractivity contribution in [3.63, 3.8) is 0 Å². The van der Waals surface area contributed by atoms with Crippen LogP contribution in [0.1, 0.15) is 18.3 Å². The molecule has 0 aliphatic heterocycles. The molecular formula is C14H18BrN3O. The summed E-state index contributed by atoms with van der Waals surface area (Å²) in [6, 6.07) is 6.17. The highest BCUT2D eigenvalue weighted by atomic mass is 79.9. The zero-order valence-corrected chi connectivity index (χ0v) is 13.0. The highest BCUT2D eigenvalue weighted by Gasteiger charge is 2.17. The fraction of sp³-hybridized carbons (Fsp3) is 0.357. The average molecular weight is 324 g/mol. The Labute approximate surface area is 121 Å². The van der Waals surface area contributed by atoms with Crippen molar-refractivity contribution in [2.24, 2.45) is 12.8 Å². The van der Waals surface area contributed by atoms with Crippen LogP contribution in [-0.4, -0.2) is 16.7 Å². The van der Waals surface area contributed by atoms with Gasteiger partial charge in [0.15, 0.2) is 0 Å². The summed E-state index contributed by atoms with van der Waals surface area (Å²) >= 11 is 3.58. The first-order valence-electron chi connectivity index (χ1n) is 6.20. The maximum atomic E-state index is 5.70. The van der Waals surface area contributed by atoms with Gasteiger partial charge in [-0.15, -0.1) is 0 Å². The van der Waals surface area contributed by atoms with Gasteiger partial charge in [0.25, 0.3) is 0 Å². The molecule has 0 spiro atoms. The number of nitrogens with zero attached hydrogens (tertiary/aromatic N) is 2. The predicted molar refractivity (Wildman–Crippen MR) is 80.2 cm³/mol. The molecule has 0 bridgehead atoms. The van der Waals surface area contributed by atoms with E-state index in [0.29, 0.717) is 6.54 Å². The molecule has 4 nitrogen and oxygen atoms in total. The van der Waals surface area contributed by atoms with Crippen molar-refractivity contribution in [2.45, 2.75) is 19.9 Å². The fourth-order valence-electron chi connectivity index (χ4n) is 2.04. The van der Waals surface area contributed by atoms with Gasteiger partial charge < -0.3 is 15.0 Å². The molecule has 0 fully saturated rings. The Balaban J connectivity index is 2.63. The number of ether oxygens (including phenoxy) is 1. The van der Waals surface area contributed by atoms with Gasteiger partial charge in [-0.05, 0) is 40.0 Å². The topological polar surface area (TPSA) is 53.1 Å². The zero-order chi connectivity index (χ0) is 14.0.